The Kier molecular flexibility index (Phi) is 3.77. The van der Waals surface area contributed by atoms with E-state index in [0.29, 0.717) is 11.5 Å². The molecule has 0 bridgehead atoms. The van der Waals surface area contributed by atoms with Crippen molar-refractivity contribution in [2.45, 2.75) is 6.92 Å². The van der Waals surface area contributed by atoms with E-state index < -0.39 is 0 Å². The Morgan fingerprint density at radius 1 is 1.29 bits per heavy atom. The van der Waals surface area contributed by atoms with Crippen LogP contribution in [0.3, 0.4) is 0 Å². The minimum atomic E-state index is 0.0174. The van der Waals surface area contributed by atoms with E-state index in [0.717, 1.165) is 11.5 Å². The molecule has 0 aliphatic heterocycles. The van der Waals surface area contributed by atoms with Gasteiger partial charge in [0.05, 0.1) is 20.8 Å². The van der Waals surface area contributed by atoms with E-state index in [9.17, 15) is 0 Å². The third kappa shape index (κ3) is 1.99. The normalized spacial score (nSPS) is 10.4. The van der Waals surface area contributed by atoms with E-state index in [-0.39, 0.29) is 6.61 Å². The zero-order valence-corrected chi connectivity index (χ0v) is 8.70. The predicted molar refractivity (Wildman–Crippen MR) is 54.7 cm³/mol. The van der Waals surface area contributed by atoms with Crippen molar-refractivity contribution in [2.24, 2.45) is 0 Å². The van der Waals surface area contributed by atoms with Gasteiger partial charge in [-0.15, -0.1) is 0 Å². The van der Waals surface area contributed by atoms with Crippen LogP contribution < -0.4 is 9.47 Å². The summed E-state index contributed by atoms with van der Waals surface area (Å²) in [6.07, 6.45) is 0. The van der Waals surface area contributed by atoms with Crippen LogP contribution >= 0.6 is 0 Å². The number of aliphatic hydroxyl groups is 1. The lowest BCUT2D eigenvalue weighted by Crippen LogP contribution is -2.03. The number of ether oxygens (including phenoxy) is 2. The Labute approximate surface area is 84.3 Å². The third-order valence-electron chi connectivity index (χ3n) is 2.10. The zero-order valence-electron chi connectivity index (χ0n) is 8.70. The Bertz CT molecular complexity index is 297. The molecule has 1 aromatic rings. The fourth-order valence-corrected chi connectivity index (χ4v) is 1.31. The van der Waals surface area contributed by atoms with Crippen LogP contribution in [-0.4, -0.2) is 25.9 Å². The number of methoxy groups -OCH3 is 2. The molecular formula is C11H15O3. The summed E-state index contributed by atoms with van der Waals surface area (Å²) in [5.41, 5.74) is 0.884. The lowest BCUT2D eigenvalue weighted by atomic mass is 10.0. The van der Waals surface area contributed by atoms with Gasteiger partial charge in [0.15, 0.2) is 11.5 Å². The zero-order chi connectivity index (χ0) is 10.6. The Morgan fingerprint density at radius 3 is 2.50 bits per heavy atom. The maximum Gasteiger partial charge on any atom is 0.164 e. The fourth-order valence-electron chi connectivity index (χ4n) is 1.31. The SMILES string of the molecule is COc1cccc([C](C)CO)c1OC. The first-order valence-corrected chi connectivity index (χ1v) is 4.39. The van der Waals surface area contributed by atoms with Crippen molar-refractivity contribution in [2.75, 3.05) is 20.8 Å². The van der Waals surface area contributed by atoms with E-state index >= 15 is 0 Å². The van der Waals surface area contributed by atoms with Gasteiger partial charge in [0.2, 0.25) is 0 Å². The van der Waals surface area contributed by atoms with Crippen molar-refractivity contribution in [1.82, 2.24) is 0 Å². The van der Waals surface area contributed by atoms with Crippen molar-refractivity contribution in [3.63, 3.8) is 0 Å². The molecule has 0 saturated carbocycles. The third-order valence-corrected chi connectivity index (χ3v) is 2.10. The van der Waals surface area contributed by atoms with Gasteiger partial charge in [-0.05, 0) is 6.07 Å². The molecule has 0 fully saturated rings. The number of aliphatic hydroxyl groups excluding tert-OH is 1. The summed E-state index contributed by atoms with van der Waals surface area (Å²) in [6, 6.07) is 5.59. The van der Waals surface area contributed by atoms with Crippen molar-refractivity contribution < 1.29 is 14.6 Å². The van der Waals surface area contributed by atoms with Crippen molar-refractivity contribution >= 4 is 0 Å². The average molecular weight is 195 g/mol. The second kappa shape index (κ2) is 4.86. The van der Waals surface area contributed by atoms with Gasteiger partial charge in [0.1, 0.15) is 0 Å². The smallest absolute Gasteiger partial charge is 0.164 e. The molecule has 1 aromatic carbocycles. The fraction of sp³-hybridized carbons (Fsp3) is 0.364. The molecule has 1 radical (unpaired) electrons. The Hall–Kier alpha value is -1.22. The second-order valence-electron chi connectivity index (χ2n) is 2.98. The van der Waals surface area contributed by atoms with Crippen LogP contribution in [0.25, 0.3) is 0 Å². The molecule has 0 heterocycles. The Balaban J connectivity index is 3.14. The van der Waals surface area contributed by atoms with E-state index in [2.05, 4.69) is 0 Å². The van der Waals surface area contributed by atoms with Gasteiger partial charge in [-0.2, -0.15) is 0 Å². The second-order valence-corrected chi connectivity index (χ2v) is 2.98. The van der Waals surface area contributed by atoms with Crippen LogP contribution in [0.4, 0.5) is 0 Å². The maximum atomic E-state index is 9.04. The van der Waals surface area contributed by atoms with E-state index in [4.69, 9.17) is 14.6 Å². The summed E-state index contributed by atoms with van der Waals surface area (Å²) in [6.45, 7) is 1.88. The molecule has 1 rings (SSSR count). The summed E-state index contributed by atoms with van der Waals surface area (Å²) in [7, 11) is 3.18. The molecule has 3 heteroatoms. The van der Waals surface area contributed by atoms with Crippen LogP contribution in [0, 0.1) is 5.92 Å². The number of benzene rings is 1. The first-order chi connectivity index (χ1) is 6.74. The molecule has 3 nitrogen and oxygen atoms in total. The Morgan fingerprint density at radius 2 is 2.00 bits per heavy atom. The van der Waals surface area contributed by atoms with Crippen molar-refractivity contribution in [3.8, 4) is 11.5 Å². The lowest BCUT2D eigenvalue weighted by Gasteiger charge is -2.15. The van der Waals surface area contributed by atoms with E-state index in [1.807, 2.05) is 25.1 Å². The molecule has 0 aliphatic carbocycles. The van der Waals surface area contributed by atoms with Gasteiger partial charge in [0, 0.05) is 11.5 Å². The molecule has 0 aliphatic rings. The predicted octanol–water partition coefficient (Wildman–Crippen LogP) is 1.64. The van der Waals surface area contributed by atoms with Gasteiger partial charge >= 0.3 is 0 Å². The van der Waals surface area contributed by atoms with Crippen LogP contribution in [0.5, 0.6) is 11.5 Å². The molecule has 14 heavy (non-hydrogen) atoms. The first-order valence-electron chi connectivity index (χ1n) is 4.39. The van der Waals surface area contributed by atoms with Crippen LogP contribution in [0.2, 0.25) is 0 Å². The summed E-state index contributed by atoms with van der Waals surface area (Å²) in [5.74, 6) is 2.21. The van der Waals surface area contributed by atoms with E-state index in [1.165, 1.54) is 0 Å². The van der Waals surface area contributed by atoms with Gasteiger partial charge in [-0.25, -0.2) is 0 Å². The van der Waals surface area contributed by atoms with Gasteiger partial charge in [0.25, 0.3) is 0 Å². The molecule has 0 spiro atoms. The van der Waals surface area contributed by atoms with Gasteiger partial charge < -0.3 is 14.6 Å². The highest BCUT2D eigenvalue weighted by molar-refractivity contribution is 5.52. The van der Waals surface area contributed by atoms with E-state index in [1.54, 1.807) is 14.2 Å². The van der Waals surface area contributed by atoms with Gasteiger partial charge in [-0.1, -0.05) is 19.1 Å². The summed E-state index contributed by atoms with van der Waals surface area (Å²) >= 11 is 0. The molecule has 0 aromatic heterocycles. The number of hydrogen-bond donors (Lipinski definition) is 1. The average Bonchev–Trinajstić information content (AvgIpc) is 2.26. The van der Waals surface area contributed by atoms with Gasteiger partial charge in [-0.3, -0.25) is 0 Å². The molecule has 0 atom stereocenters. The highest BCUT2D eigenvalue weighted by atomic mass is 16.5. The van der Waals surface area contributed by atoms with Crippen LogP contribution in [0.15, 0.2) is 18.2 Å². The monoisotopic (exact) mass is 195 g/mol. The standard InChI is InChI=1S/C11H15O3/c1-8(7-12)9-5-4-6-10(13-2)11(9)14-3/h4-6,12H,7H2,1-3H3. The minimum Gasteiger partial charge on any atom is -0.493 e. The largest absolute Gasteiger partial charge is 0.493 e. The summed E-state index contributed by atoms with van der Waals surface area (Å²) in [5, 5.41) is 9.04. The van der Waals surface area contributed by atoms with Crippen molar-refractivity contribution in [3.05, 3.63) is 29.7 Å². The minimum absolute atomic E-state index is 0.0174. The number of rotatable bonds is 4. The summed E-state index contributed by atoms with van der Waals surface area (Å²) < 4.78 is 10.4. The summed E-state index contributed by atoms with van der Waals surface area (Å²) in [4.78, 5) is 0. The molecule has 0 saturated heterocycles. The number of hydrogen-bond acceptors (Lipinski definition) is 3. The highest BCUT2D eigenvalue weighted by Gasteiger charge is 2.14. The lowest BCUT2D eigenvalue weighted by molar-refractivity contribution is 0.310. The molecule has 0 amide bonds. The van der Waals surface area contributed by atoms with Crippen LogP contribution in [-0.2, 0) is 0 Å². The first kappa shape index (κ1) is 10.9. The quantitative estimate of drug-likeness (QED) is 0.793. The molecule has 0 unspecified atom stereocenters. The highest BCUT2D eigenvalue weighted by Crippen LogP contribution is 2.34. The van der Waals surface area contributed by atoms with Crippen LogP contribution in [0.1, 0.15) is 12.5 Å². The topological polar surface area (TPSA) is 38.7 Å². The number of para-hydroxylation sites is 1. The molecule has 1 N–H and O–H groups in total. The molecular weight excluding hydrogens is 180 g/mol. The molecule has 77 valence electrons. The van der Waals surface area contributed by atoms with Crippen molar-refractivity contribution in [1.29, 1.82) is 0 Å². The maximum absolute atomic E-state index is 9.04.